The van der Waals surface area contributed by atoms with E-state index in [0.29, 0.717) is 90.4 Å². The van der Waals surface area contributed by atoms with E-state index in [-0.39, 0.29) is 58.2 Å². The fourth-order valence-corrected chi connectivity index (χ4v) is 7.52. The molecule has 6 aromatic rings. The van der Waals surface area contributed by atoms with Crippen molar-refractivity contribution >= 4 is 90.8 Å². The molecule has 6 rings (SSSR count). The Balaban J connectivity index is 1.20. The molecule has 0 spiro atoms. The van der Waals surface area contributed by atoms with Gasteiger partial charge in [0, 0.05) is 48.9 Å². The topological polar surface area (TPSA) is 347 Å². The van der Waals surface area contributed by atoms with Crippen LogP contribution >= 0.6 is 0 Å². The Morgan fingerprint density at radius 2 is 0.757 bits per heavy atom. The molecule has 0 amide bonds. The van der Waals surface area contributed by atoms with E-state index in [1.165, 1.54) is 36.4 Å². The Kier molecular flexibility index (Phi) is 20.0. The summed E-state index contributed by atoms with van der Waals surface area (Å²) < 4.78 is 93.6. The van der Waals surface area contributed by atoms with Crippen molar-refractivity contribution < 1.29 is 44.9 Å². The molecule has 26 heteroatoms. The molecule has 372 valence electrons. The number of para-hydroxylation sites is 2. The van der Waals surface area contributed by atoms with Gasteiger partial charge in [-0.05, 0) is 59.7 Å². The van der Waals surface area contributed by atoms with Gasteiger partial charge in [0.2, 0.25) is 35.7 Å². The highest BCUT2D eigenvalue weighted by molar-refractivity contribution is 7.86. The summed E-state index contributed by atoms with van der Waals surface area (Å²) in [5.74, 6) is 0.687. The summed E-state index contributed by atoms with van der Waals surface area (Å²) in [6.45, 7) is 4.48. The van der Waals surface area contributed by atoms with Gasteiger partial charge < -0.3 is 62.3 Å². The van der Waals surface area contributed by atoms with E-state index in [2.05, 4.69) is 61.8 Å². The molecule has 12 N–H and O–H groups in total. The molecule has 0 aliphatic rings. The van der Waals surface area contributed by atoms with Gasteiger partial charge in [0.1, 0.15) is 9.79 Å². The highest BCUT2D eigenvalue weighted by Crippen LogP contribution is 2.29. The van der Waals surface area contributed by atoms with Crippen LogP contribution in [-0.2, 0) is 39.2 Å². The third-order valence-corrected chi connectivity index (χ3v) is 11.0. The molecule has 0 atom stereocenters. The van der Waals surface area contributed by atoms with E-state index in [0.717, 1.165) is 12.1 Å². The van der Waals surface area contributed by atoms with E-state index in [1.54, 1.807) is 0 Å². The Labute approximate surface area is 404 Å². The zero-order valence-corrected chi connectivity index (χ0v) is 39.3. The van der Waals surface area contributed by atoms with Gasteiger partial charge in [0.25, 0.3) is 20.2 Å². The first-order valence-electron chi connectivity index (χ1n) is 21.7. The summed E-state index contributed by atoms with van der Waals surface area (Å²) in [5.41, 5.74) is 12.5. The number of nitrogens with one attached hydrogen (secondary N) is 6. The number of nitrogens with two attached hydrogens (primary N) is 2. The second-order valence-corrected chi connectivity index (χ2v) is 17.3. The number of hydrogen-bond acceptors (Lipinski definition) is 22. The maximum absolute atomic E-state index is 12.8. The zero-order chi connectivity index (χ0) is 49.6. The Hall–Kier alpha value is -6.98. The molecule has 2 aromatic heterocycles. The Morgan fingerprint density at radius 1 is 0.429 bits per heavy atom. The van der Waals surface area contributed by atoms with Crippen LogP contribution in [0, 0.1) is 0 Å². The minimum absolute atomic E-state index is 0.0160. The molecule has 70 heavy (non-hydrogen) atoms. The largest absolute Gasteiger partial charge is 0.378 e. The van der Waals surface area contributed by atoms with Crippen LogP contribution in [0.2, 0.25) is 0 Å². The average Bonchev–Trinajstić information content (AvgIpc) is 3.33. The smallest absolute Gasteiger partial charge is 0.295 e. The lowest BCUT2D eigenvalue weighted by atomic mass is 10.1. The van der Waals surface area contributed by atoms with Crippen molar-refractivity contribution in [2.24, 2.45) is 11.5 Å². The first-order chi connectivity index (χ1) is 33.9. The summed E-state index contributed by atoms with van der Waals surface area (Å²) in [5, 5.41) is 18.3. The molecule has 0 unspecified atom stereocenters. The summed E-state index contributed by atoms with van der Waals surface area (Å²) in [6.07, 6.45) is 2.54. The third-order valence-electron chi connectivity index (χ3n) is 9.20. The Bertz CT molecular complexity index is 2660. The van der Waals surface area contributed by atoms with Gasteiger partial charge in [-0.15, -0.1) is 0 Å². The zero-order valence-electron chi connectivity index (χ0n) is 37.7. The molecule has 0 aliphatic heterocycles. The SMILES string of the molecule is NCCOCCOCCNc1nc(Nc2ccccc2)nc(Nc2ccc(/C=C/c3ccc(Nc4nc(NCCOCCOCCN)nc(Nc5ccccc5)n4)cc3S(=O)(=O)O)c(S(=O)(=O)O)c2)n1. The van der Waals surface area contributed by atoms with E-state index in [9.17, 15) is 25.9 Å². The minimum Gasteiger partial charge on any atom is -0.378 e. The lowest BCUT2D eigenvalue weighted by Crippen LogP contribution is -2.16. The first-order valence-corrected chi connectivity index (χ1v) is 24.5. The molecule has 2 heterocycles. The third kappa shape index (κ3) is 17.5. The van der Waals surface area contributed by atoms with Crippen molar-refractivity contribution in [1.82, 2.24) is 29.9 Å². The normalized spacial score (nSPS) is 11.7. The van der Waals surface area contributed by atoms with Crippen LogP contribution in [0.3, 0.4) is 0 Å². The monoisotopic (exact) mass is 1000 g/mol. The molecular weight excluding hydrogens is 949 g/mol. The predicted molar refractivity (Wildman–Crippen MR) is 265 cm³/mol. The highest BCUT2D eigenvalue weighted by Gasteiger charge is 2.19. The van der Waals surface area contributed by atoms with Gasteiger partial charge in [0.15, 0.2) is 0 Å². The summed E-state index contributed by atoms with van der Waals surface area (Å²) >= 11 is 0. The minimum atomic E-state index is -4.88. The van der Waals surface area contributed by atoms with E-state index in [1.807, 2.05) is 60.7 Å². The van der Waals surface area contributed by atoms with E-state index < -0.39 is 30.0 Å². The van der Waals surface area contributed by atoms with Crippen LogP contribution in [0.5, 0.6) is 0 Å². The van der Waals surface area contributed by atoms with Crippen LogP contribution in [0.4, 0.5) is 58.4 Å². The molecule has 4 aromatic carbocycles. The number of hydrogen-bond donors (Lipinski definition) is 10. The number of nitrogens with zero attached hydrogens (tertiary/aromatic N) is 6. The van der Waals surface area contributed by atoms with Crippen molar-refractivity contribution in [3.63, 3.8) is 0 Å². The van der Waals surface area contributed by atoms with Crippen LogP contribution in [0.25, 0.3) is 12.2 Å². The first kappa shape index (κ1) is 52.4. The number of aromatic nitrogens is 6. The highest BCUT2D eigenvalue weighted by atomic mass is 32.2. The van der Waals surface area contributed by atoms with Gasteiger partial charge >= 0.3 is 0 Å². The number of benzene rings is 4. The van der Waals surface area contributed by atoms with Gasteiger partial charge in [-0.1, -0.05) is 60.7 Å². The van der Waals surface area contributed by atoms with Crippen molar-refractivity contribution in [2.75, 3.05) is 111 Å². The van der Waals surface area contributed by atoms with Crippen molar-refractivity contribution in [3.05, 3.63) is 108 Å². The molecule has 0 radical (unpaired) electrons. The van der Waals surface area contributed by atoms with Crippen molar-refractivity contribution in [1.29, 1.82) is 0 Å². The molecule has 0 bridgehead atoms. The second-order valence-electron chi connectivity index (χ2n) is 14.5. The van der Waals surface area contributed by atoms with Crippen molar-refractivity contribution in [2.45, 2.75) is 9.79 Å². The van der Waals surface area contributed by atoms with Crippen molar-refractivity contribution in [3.8, 4) is 0 Å². The molecule has 0 saturated carbocycles. The van der Waals surface area contributed by atoms with Crippen LogP contribution in [0.1, 0.15) is 11.1 Å². The van der Waals surface area contributed by atoms with E-state index in [4.69, 9.17) is 30.4 Å². The van der Waals surface area contributed by atoms with Crippen LogP contribution < -0.4 is 43.4 Å². The summed E-state index contributed by atoms with van der Waals surface area (Å²) in [7, 11) is -9.75. The fraction of sp³-hybridized carbons (Fsp3) is 0.273. The molecule has 0 saturated heterocycles. The second kappa shape index (κ2) is 26.7. The maximum atomic E-state index is 12.8. The van der Waals surface area contributed by atoms with Gasteiger partial charge in [-0.25, -0.2) is 0 Å². The van der Waals surface area contributed by atoms with Crippen LogP contribution in [0.15, 0.2) is 107 Å². The molecule has 24 nitrogen and oxygen atoms in total. The molecule has 0 fully saturated rings. The fourth-order valence-electron chi connectivity index (χ4n) is 6.10. The number of ether oxygens (including phenoxy) is 4. The van der Waals surface area contributed by atoms with Crippen LogP contribution in [-0.4, -0.2) is 135 Å². The van der Waals surface area contributed by atoms with E-state index >= 15 is 0 Å². The molecule has 0 aliphatic carbocycles. The van der Waals surface area contributed by atoms with Gasteiger partial charge in [-0.2, -0.15) is 46.7 Å². The lowest BCUT2D eigenvalue weighted by molar-refractivity contribution is 0.0547. The van der Waals surface area contributed by atoms with Gasteiger partial charge in [0.05, 0.1) is 52.9 Å². The molecular formula is C44H54N14O10S2. The van der Waals surface area contributed by atoms with Gasteiger partial charge in [-0.3, -0.25) is 9.11 Å². The standard InChI is InChI=1S/C44H54N14O10S2/c45-17-21-65-25-27-67-23-19-47-39-53-41(49-33-7-3-1-4-8-33)57-43(55-39)51-35-15-13-31(37(29-35)69(59,60)61)11-12-32-14-16-36(30-38(32)70(62,63)64)52-44-56-40(48-20-24-68-28-26-66-22-18-46)54-42(58-44)50-34-9-5-2-6-10-34/h1-16,29-30H,17-28,45-46H2,(H,59,60,61)(H,62,63,64)(H3,47,49,51,53,55,57)(H3,48,50,52,54,56,58)/b12-11+. The number of rotatable bonds is 30. The maximum Gasteiger partial charge on any atom is 0.295 e. The average molecular weight is 1000 g/mol. The summed E-state index contributed by atoms with van der Waals surface area (Å²) in [4.78, 5) is 25.5. The Morgan fingerprint density at radius 3 is 1.10 bits per heavy atom. The predicted octanol–water partition coefficient (Wildman–Crippen LogP) is 4.50. The quantitative estimate of drug-likeness (QED) is 0.0169. The lowest BCUT2D eigenvalue weighted by Gasteiger charge is -2.13. The summed E-state index contributed by atoms with van der Waals surface area (Å²) in [6, 6.07) is 26.3. The number of anilines is 10.